The maximum atomic E-state index is 12.1. The molecule has 1 aromatic heterocycles. The monoisotopic (exact) mass is 253 g/mol. The molecule has 100 valence electrons. The molecule has 1 fully saturated rings. The second kappa shape index (κ2) is 5.45. The molecule has 1 saturated heterocycles. The van der Waals surface area contributed by atoms with Crippen molar-refractivity contribution < 1.29 is 9.53 Å². The number of carbonyl (C=O) groups excluding carboxylic acids is 1. The van der Waals surface area contributed by atoms with Gasteiger partial charge in [-0.2, -0.15) is 0 Å². The summed E-state index contributed by atoms with van der Waals surface area (Å²) in [7, 11) is 0. The van der Waals surface area contributed by atoms with Gasteiger partial charge in [0.15, 0.2) is 0 Å². The van der Waals surface area contributed by atoms with Gasteiger partial charge in [-0.25, -0.2) is 4.68 Å². The molecule has 0 unspecified atom stereocenters. The van der Waals surface area contributed by atoms with Crippen LogP contribution >= 0.6 is 0 Å². The minimum absolute atomic E-state index is 0.0328. The molecule has 2 heterocycles. The van der Waals surface area contributed by atoms with Gasteiger partial charge in [0.25, 0.3) is 0 Å². The molecule has 1 aliphatic rings. The van der Waals surface area contributed by atoms with Crippen LogP contribution in [-0.2, 0) is 22.6 Å². The molecule has 0 saturated carbocycles. The van der Waals surface area contributed by atoms with E-state index in [0.29, 0.717) is 25.3 Å². The van der Waals surface area contributed by atoms with Crippen molar-refractivity contribution in [1.29, 1.82) is 0 Å². The first kappa shape index (κ1) is 13.0. The van der Waals surface area contributed by atoms with Gasteiger partial charge >= 0.3 is 0 Å². The lowest BCUT2D eigenvalue weighted by atomic mass is 10.2. The second-order valence-electron chi connectivity index (χ2n) is 4.67. The summed E-state index contributed by atoms with van der Waals surface area (Å²) in [4.78, 5) is 13.9. The van der Waals surface area contributed by atoms with E-state index in [9.17, 15) is 4.79 Å². The summed E-state index contributed by atoms with van der Waals surface area (Å²) in [5.41, 5.74) is 6.13. The Morgan fingerprint density at radius 3 is 2.72 bits per heavy atom. The van der Waals surface area contributed by atoms with E-state index in [4.69, 9.17) is 10.5 Å². The van der Waals surface area contributed by atoms with Crippen LogP contribution in [0.15, 0.2) is 6.20 Å². The number of rotatable bonds is 3. The normalized spacial score (nSPS) is 24.3. The minimum Gasteiger partial charge on any atom is -0.372 e. The molecule has 18 heavy (non-hydrogen) atoms. The Morgan fingerprint density at radius 2 is 2.17 bits per heavy atom. The average molecular weight is 253 g/mol. The summed E-state index contributed by atoms with van der Waals surface area (Å²) in [6.45, 7) is 5.73. The number of nitrogens with zero attached hydrogens (tertiary/aromatic N) is 4. The van der Waals surface area contributed by atoms with Crippen LogP contribution in [0.5, 0.6) is 0 Å². The van der Waals surface area contributed by atoms with Gasteiger partial charge < -0.3 is 15.4 Å². The van der Waals surface area contributed by atoms with Gasteiger partial charge in [-0.15, -0.1) is 5.10 Å². The van der Waals surface area contributed by atoms with Gasteiger partial charge in [-0.1, -0.05) is 5.21 Å². The van der Waals surface area contributed by atoms with Crippen LogP contribution in [0.3, 0.4) is 0 Å². The first-order valence-electron chi connectivity index (χ1n) is 6.10. The smallest absolute Gasteiger partial charge is 0.244 e. The Balaban J connectivity index is 1.94. The molecule has 0 aliphatic carbocycles. The number of aromatic nitrogens is 3. The van der Waals surface area contributed by atoms with E-state index in [0.717, 1.165) is 0 Å². The van der Waals surface area contributed by atoms with Gasteiger partial charge in [0, 0.05) is 19.6 Å². The lowest BCUT2D eigenvalue weighted by molar-refractivity contribution is -0.144. The molecule has 7 heteroatoms. The highest BCUT2D eigenvalue weighted by Gasteiger charge is 2.25. The third-order valence-electron chi connectivity index (χ3n) is 2.86. The topological polar surface area (TPSA) is 86.3 Å². The molecule has 0 bridgehead atoms. The van der Waals surface area contributed by atoms with Crippen molar-refractivity contribution >= 4 is 5.91 Å². The second-order valence-corrected chi connectivity index (χ2v) is 4.67. The number of ether oxygens (including phenoxy) is 1. The molecule has 2 N–H and O–H groups in total. The molecule has 2 rings (SSSR count). The summed E-state index contributed by atoms with van der Waals surface area (Å²) in [5, 5.41) is 7.72. The van der Waals surface area contributed by atoms with Gasteiger partial charge in [0.05, 0.1) is 24.1 Å². The summed E-state index contributed by atoms with van der Waals surface area (Å²) >= 11 is 0. The SMILES string of the molecule is C[C@@H]1CN(C(=O)Cn2cc(CN)nn2)C[C@H](C)O1. The summed E-state index contributed by atoms with van der Waals surface area (Å²) in [5.74, 6) is 0.0328. The van der Waals surface area contributed by atoms with Crippen molar-refractivity contribution in [2.24, 2.45) is 5.73 Å². The predicted octanol–water partition coefficient (Wildman–Crippen LogP) is -0.627. The molecule has 2 atom stereocenters. The highest BCUT2D eigenvalue weighted by Crippen LogP contribution is 2.11. The van der Waals surface area contributed by atoms with E-state index in [1.54, 1.807) is 6.20 Å². The van der Waals surface area contributed by atoms with E-state index in [1.165, 1.54) is 4.68 Å². The van der Waals surface area contributed by atoms with Gasteiger partial charge in [0.1, 0.15) is 6.54 Å². The first-order chi connectivity index (χ1) is 8.58. The largest absolute Gasteiger partial charge is 0.372 e. The fourth-order valence-corrected chi connectivity index (χ4v) is 2.13. The predicted molar refractivity (Wildman–Crippen MR) is 64.5 cm³/mol. The molecule has 7 nitrogen and oxygen atoms in total. The third-order valence-corrected chi connectivity index (χ3v) is 2.86. The van der Waals surface area contributed by atoms with Gasteiger partial charge in [-0.05, 0) is 13.8 Å². The maximum Gasteiger partial charge on any atom is 0.244 e. The molecule has 1 aromatic rings. The molecular formula is C11H19N5O2. The lowest BCUT2D eigenvalue weighted by Crippen LogP contribution is -2.49. The number of amides is 1. The number of carbonyl (C=O) groups is 1. The Morgan fingerprint density at radius 1 is 1.50 bits per heavy atom. The highest BCUT2D eigenvalue weighted by atomic mass is 16.5. The van der Waals surface area contributed by atoms with E-state index in [-0.39, 0.29) is 24.7 Å². The van der Waals surface area contributed by atoms with Gasteiger partial charge in [0.2, 0.25) is 5.91 Å². The quantitative estimate of drug-likeness (QED) is 0.775. The van der Waals surface area contributed by atoms with E-state index in [1.807, 2.05) is 18.7 Å². The minimum atomic E-state index is 0.0328. The van der Waals surface area contributed by atoms with Crippen molar-refractivity contribution in [1.82, 2.24) is 19.9 Å². The van der Waals surface area contributed by atoms with E-state index in [2.05, 4.69) is 10.3 Å². The summed E-state index contributed by atoms with van der Waals surface area (Å²) in [6, 6.07) is 0. The zero-order valence-corrected chi connectivity index (χ0v) is 10.7. The zero-order chi connectivity index (χ0) is 13.1. The van der Waals surface area contributed by atoms with Crippen LogP contribution in [-0.4, -0.2) is 51.1 Å². The molecule has 1 amide bonds. The molecule has 0 spiro atoms. The summed E-state index contributed by atoms with van der Waals surface area (Å²) < 4.78 is 7.12. The fraction of sp³-hybridized carbons (Fsp3) is 0.727. The van der Waals surface area contributed by atoms with Crippen LogP contribution < -0.4 is 5.73 Å². The van der Waals surface area contributed by atoms with Crippen LogP contribution in [0.2, 0.25) is 0 Å². The standard InChI is InChI=1S/C11H19N5O2/c1-8-4-15(5-9(2)18-8)11(17)7-16-6-10(3-12)13-14-16/h6,8-9H,3-5,7,12H2,1-2H3/t8-,9+. The van der Waals surface area contributed by atoms with Crippen molar-refractivity contribution in [3.8, 4) is 0 Å². The fourth-order valence-electron chi connectivity index (χ4n) is 2.13. The van der Waals surface area contributed by atoms with Crippen molar-refractivity contribution in [3.63, 3.8) is 0 Å². The average Bonchev–Trinajstić information content (AvgIpc) is 2.75. The van der Waals surface area contributed by atoms with Crippen molar-refractivity contribution in [2.45, 2.75) is 39.1 Å². The Kier molecular flexibility index (Phi) is 3.93. The van der Waals surface area contributed by atoms with Crippen LogP contribution in [0.25, 0.3) is 0 Å². The molecule has 0 radical (unpaired) electrons. The maximum absolute atomic E-state index is 12.1. The van der Waals surface area contributed by atoms with Gasteiger partial charge in [-0.3, -0.25) is 4.79 Å². The number of hydrogen-bond donors (Lipinski definition) is 1. The van der Waals surface area contributed by atoms with E-state index < -0.39 is 0 Å². The number of morpholine rings is 1. The number of hydrogen-bond acceptors (Lipinski definition) is 5. The van der Waals surface area contributed by atoms with Crippen molar-refractivity contribution in [2.75, 3.05) is 13.1 Å². The lowest BCUT2D eigenvalue weighted by Gasteiger charge is -2.35. The molecular weight excluding hydrogens is 234 g/mol. The molecule has 1 aliphatic heterocycles. The first-order valence-corrected chi connectivity index (χ1v) is 6.10. The third kappa shape index (κ3) is 3.05. The summed E-state index contributed by atoms with van der Waals surface area (Å²) in [6.07, 6.45) is 1.85. The van der Waals surface area contributed by atoms with Crippen molar-refractivity contribution in [3.05, 3.63) is 11.9 Å². The van der Waals surface area contributed by atoms with Crippen LogP contribution in [0.4, 0.5) is 0 Å². The van der Waals surface area contributed by atoms with Crippen LogP contribution in [0, 0.1) is 0 Å². The molecule has 0 aromatic carbocycles. The highest BCUT2D eigenvalue weighted by molar-refractivity contribution is 5.76. The van der Waals surface area contributed by atoms with E-state index >= 15 is 0 Å². The Labute approximate surface area is 106 Å². The van der Waals surface area contributed by atoms with Crippen LogP contribution in [0.1, 0.15) is 19.5 Å². The zero-order valence-electron chi connectivity index (χ0n) is 10.7. The Bertz CT molecular complexity index is 409. The Hall–Kier alpha value is -1.47. The number of nitrogens with two attached hydrogens (primary N) is 1.